The molecular weight excluding hydrogens is 270 g/mol. The summed E-state index contributed by atoms with van der Waals surface area (Å²) in [5.74, 6) is 0.685. The lowest BCUT2D eigenvalue weighted by molar-refractivity contribution is -0.110. The fourth-order valence-corrected chi connectivity index (χ4v) is 3.10. The number of allylic oxidation sites excluding steroid dienone is 3. The van der Waals surface area contributed by atoms with Gasteiger partial charge in [-0.3, -0.25) is 4.79 Å². The third kappa shape index (κ3) is 4.59. The van der Waals surface area contributed by atoms with Crippen molar-refractivity contribution >= 4 is 11.9 Å². The van der Waals surface area contributed by atoms with Crippen LogP contribution >= 0.6 is 0 Å². The van der Waals surface area contributed by atoms with Crippen molar-refractivity contribution in [3.05, 3.63) is 53.7 Å². The third-order valence-electron chi connectivity index (χ3n) is 4.53. The van der Waals surface area contributed by atoms with E-state index in [1.54, 1.807) is 6.08 Å². The number of ketones is 1. The first-order valence-electron chi connectivity index (χ1n) is 8.56. The Bertz CT molecular complexity index is 548. The number of hydrogen-bond donors (Lipinski definition) is 1. The minimum Gasteiger partial charge on any atom is -0.385 e. The molecule has 3 rings (SSSR count). The van der Waals surface area contributed by atoms with E-state index in [9.17, 15) is 4.79 Å². The van der Waals surface area contributed by atoms with Crippen molar-refractivity contribution in [1.82, 2.24) is 5.32 Å². The first-order valence-corrected chi connectivity index (χ1v) is 8.56. The molecule has 0 saturated heterocycles. The molecule has 116 valence electrons. The number of hydrogen-bond acceptors (Lipinski definition) is 2. The van der Waals surface area contributed by atoms with Gasteiger partial charge in [0.25, 0.3) is 0 Å². The number of carbonyl (C=O) groups excluding carboxylic acids is 1. The number of benzene rings is 1. The van der Waals surface area contributed by atoms with Crippen LogP contribution in [0.5, 0.6) is 0 Å². The molecule has 2 fully saturated rings. The quantitative estimate of drug-likeness (QED) is 0.784. The summed E-state index contributed by atoms with van der Waals surface area (Å²) in [6.45, 7) is 0. The molecule has 2 saturated carbocycles. The second-order valence-electron chi connectivity index (χ2n) is 6.50. The zero-order valence-corrected chi connectivity index (χ0v) is 13.1. The minimum absolute atomic E-state index is 0.0917. The van der Waals surface area contributed by atoms with Crippen LogP contribution in [0.1, 0.15) is 50.5 Å². The molecule has 2 aliphatic carbocycles. The number of rotatable bonds is 6. The molecule has 0 spiro atoms. The van der Waals surface area contributed by atoms with Gasteiger partial charge in [0, 0.05) is 17.8 Å². The second kappa shape index (κ2) is 7.44. The summed E-state index contributed by atoms with van der Waals surface area (Å²) in [6, 6.07) is 10.6. The van der Waals surface area contributed by atoms with Gasteiger partial charge in [-0.15, -0.1) is 0 Å². The molecule has 0 unspecified atom stereocenters. The first kappa shape index (κ1) is 15.1. The standard InChI is InChI=1S/C20H25NO/c22-19(14-11-16-7-3-1-4-8-16)15-20(17-12-13-17)21-18-9-5-2-6-10-18/h1,3-4,7-8,11,14-15,17-18,21H,2,5-6,9-10,12-13H2. The van der Waals surface area contributed by atoms with E-state index in [0.717, 1.165) is 5.56 Å². The molecule has 0 aromatic heterocycles. The molecule has 1 N–H and O–H groups in total. The van der Waals surface area contributed by atoms with Gasteiger partial charge in [-0.2, -0.15) is 0 Å². The Balaban J connectivity index is 1.61. The molecule has 0 atom stereocenters. The molecule has 22 heavy (non-hydrogen) atoms. The van der Waals surface area contributed by atoms with Gasteiger partial charge in [0.05, 0.1) is 0 Å². The second-order valence-corrected chi connectivity index (χ2v) is 6.50. The number of nitrogens with one attached hydrogen (secondary N) is 1. The lowest BCUT2D eigenvalue weighted by Crippen LogP contribution is -2.31. The van der Waals surface area contributed by atoms with Crippen LogP contribution in [0.25, 0.3) is 6.08 Å². The van der Waals surface area contributed by atoms with E-state index in [1.807, 2.05) is 42.5 Å². The molecule has 0 amide bonds. The maximum atomic E-state index is 12.2. The van der Waals surface area contributed by atoms with E-state index in [1.165, 1.54) is 50.6 Å². The molecule has 2 heteroatoms. The van der Waals surface area contributed by atoms with E-state index in [0.29, 0.717) is 12.0 Å². The van der Waals surface area contributed by atoms with Crippen LogP contribution < -0.4 is 5.32 Å². The highest BCUT2D eigenvalue weighted by Crippen LogP contribution is 2.36. The SMILES string of the molecule is O=C(C=Cc1ccccc1)C=C(NC1CCCCC1)C1CC1. The van der Waals surface area contributed by atoms with Crippen molar-refractivity contribution in [1.29, 1.82) is 0 Å². The molecular formula is C20H25NO. The van der Waals surface area contributed by atoms with E-state index in [2.05, 4.69) is 5.32 Å². The van der Waals surface area contributed by atoms with Crippen LogP contribution in [0.4, 0.5) is 0 Å². The highest BCUT2D eigenvalue weighted by Gasteiger charge is 2.28. The predicted molar refractivity (Wildman–Crippen MR) is 91.3 cm³/mol. The van der Waals surface area contributed by atoms with Crippen molar-refractivity contribution in [3.8, 4) is 0 Å². The van der Waals surface area contributed by atoms with Crippen molar-refractivity contribution in [3.63, 3.8) is 0 Å². The monoisotopic (exact) mass is 295 g/mol. The summed E-state index contributed by atoms with van der Waals surface area (Å²) in [6.07, 6.45) is 14.3. The Morgan fingerprint density at radius 1 is 1.00 bits per heavy atom. The van der Waals surface area contributed by atoms with Crippen LogP contribution in [0.15, 0.2) is 48.2 Å². The average molecular weight is 295 g/mol. The molecule has 0 heterocycles. The van der Waals surface area contributed by atoms with Gasteiger partial charge < -0.3 is 5.32 Å². The van der Waals surface area contributed by atoms with Crippen LogP contribution in [0.2, 0.25) is 0 Å². The molecule has 1 aromatic carbocycles. The smallest absolute Gasteiger partial charge is 0.180 e. The largest absolute Gasteiger partial charge is 0.385 e. The lowest BCUT2D eigenvalue weighted by atomic mass is 9.95. The third-order valence-corrected chi connectivity index (χ3v) is 4.53. The highest BCUT2D eigenvalue weighted by atomic mass is 16.1. The topological polar surface area (TPSA) is 29.1 Å². The summed E-state index contributed by atoms with van der Waals surface area (Å²) >= 11 is 0. The highest BCUT2D eigenvalue weighted by molar-refractivity contribution is 6.02. The molecule has 0 bridgehead atoms. The molecule has 0 radical (unpaired) electrons. The van der Waals surface area contributed by atoms with Crippen LogP contribution in [0.3, 0.4) is 0 Å². The van der Waals surface area contributed by atoms with E-state index >= 15 is 0 Å². The Morgan fingerprint density at radius 2 is 1.73 bits per heavy atom. The summed E-state index contributed by atoms with van der Waals surface area (Å²) in [5.41, 5.74) is 2.24. The zero-order valence-electron chi connectivity index (χ0n) is 13.1. The summed E-state index contributed by atoms with van der Waals surface area (Å²) in [4.78, 5) is 12.2. The van der Waals surface area contributed by atoms with Crippen molar-refractivity contribution in [2.24, 2.45) is 5.92 Å². The lowest BCUT2D eigenvalue weighted by Gasteiger charge is -2.25. The van der Waals surface area contributed by atoms with Crippen molar-refractivity contribution in [2.45, 2.75) is 51.0 Å². The predicted octanol–water partition coefficient (Wildman–Crippen LogP) is 4.49. The van der Waals surface area contributed by atoms with Crippen molar-refractivity contribution < 1.29 is 4.79 Å². The fourth-order valence-electron chi connectivity index (χ4n) is 3.10. The Labute approximate surface area is 133 Å². The van der Waals surface area contributed by atoms with Gasteiger partial charge in [0.1, 0.15) is 0 Å². The van der Waals surface area contributed by atoms with E-state index in [-0.39, 0.29) is 5.78 Å². The van der Waals surface area contributed by atoms with Gasteiger partial charge in [-0.25, -0.2) is 0 Å². The minimum atomic E-state index is 0.0917. The van der Waals surface area contributed by atoms with Gasteiger partial charge >= 0.3 is 0 Å². The summed E-state index contributed by atoms with van der Waals surface area (Å²) < 4.78 is 0. The Hall–Kier alpha value is -1.83. The van der Waals surface area contributed by atoms with Gasteiger partial charge in [0.15, 0.2) is 5.78 Å². The average Bonchev–Trinajstić information content (AvgIpc) is 3.39. The van der Waals surface area contributed by atoms with Gasteiger partial charge in [-0.1, -0.05) is 55.7 Å². The van der Waals surface area contributed by atoms with Crippen LogP contribution in [-0.4, -0.2) is 11.8 Å². The molecule has 2 nitrogen and oxygen atoms in total. The molecule has 2 aliphatic rings. The maximum Gasteiger partial charge on any atom is 0.180 e. The van der Waals surface area contributed by atoms with Crippen LogP contribution in [0, 0.1) is 5.92 Å². The summed E-state index contributed by atoms with van der Waals surface area (Å²) in [5, 5.41) is 3.65. The Morgan fingerprint density at radius 3 is 2.41 bits per heavy atom. The normalized spacial score (nSPS) is 20.3. The van der Waals surface area contributed by atoms with Crippen molar-refractivity contribution in [2.75, 3.05) is 0 Å². The van der Waals surface area contributed by atoms with Gasteiger partial charge in [0.2, 0.25) is 0 Å². The first-order chi connectivity index (χ1) is 10.8. The molecule has 1 aromatic rings. The van der Waals surface area contributed by atoms with Crippen LogP contribution in [-0.2, 0) is 4.79 Å². The zero-order chi connectivity index (χ0) is 15.2. The molecule has 0 aliphatic heterocycles. The van der Waals surface area contributed by atoms with Gasteiger partial charge in [-0.05, 0) is 43.2 Å². The maximum absolute atomic E-state index is 12.2. The Kier molecular flexibility index (Phi) is 5.10. The fraction of sp³-hybridized carbons (Fsp3) is 0.450. The number of carbonyl (C=O) groups is 1. The van der Waals surface area contributed by atoms with E-state index in [4.69, 9.17) is 0 Å². The summed E-state index contributed by atoms with van der Waals surface area (Å²) in [7, 11) is 0. The van der Waals surface area contributed by atoms with E-state index < -0.39 is 0 Å².